The Morgan fingerprint density at radius 2 is 2.07 bits per heavy atom. The van der Waals surface area contributed by atoms with E-state index in [0.717, 1.165) is 0 Å². The maximum atomic E-state index is 9.68. The molecule has 0 aromatic rings. The number of rotatable bonds is 3. The molecule has 88 valence electrons. The average molecular weight is 218 g/mol. The van der Waals surface area contributed by atoms with Gasteiger partial charge in [-0.25, -0.2) is 0 Å². The minimum Gasteiger partial charge on any atom is -0.492 e. The second kappa shape index (κ2) is 4.94. The molecule has 0 unspecified atom stereocenters. The van der Waals surface area contributed by atoms with Gasteiger partial charge in [-0.05, 0) is 13.0 Å². The zero-order valence-electron chi connectivity index (χ0n) is 8.87. The van der Waals surface area contributed by atoms with E-state index in [-0.39, 0.29) is 5.92 Å². The van der Waals surface area contributed by atoms with Crippen molar-refractivity contribution in [2.45, 2.75) is 38.3 Å². The summed E-state index contributed by atoms with van der Waals surface area (Å²) in [6.07, 6.45) is -2.31. The zero-order chi connectivity index (χ0) is 11.6. The first-order valence-electron chi connectivity index (χ1n) is 4.97. The fraction of sp³-hybridized carbons (Fsp3) is 0.800. The Balaban J connectivity index is 2.74. The molecule has 1 rings (SSSR count). The van der Waals surface area contributed by atoms with Crippen LogP contribution in [-0.4, -0.2) is 51.4 Å². The Kier molecular flexibility index (Phi) is 4.10. The normalized spacial score (nSPS) is 35.3. The molecule has 5 atom stereocenters. The molecule has 0 amide bonds. The Labute approximate surface area is 88.6 Å². The van der Waals surface area contributed by atoms with Crippen molar-refractivity contribution < 1.29 is 25.2 Å². The van der Waals surface area contributed by atoms with Gasteiger partial charge in [0.15, 0.2) is 0 Å². The first-order chi connectivity index (χ1) is 6.97. The maximum Gasteiger partial charge on any atom is 0.132 e. The van der Waals surface area contributed by atoms with E-state index in [4.69, 9.17) is 9.84 Å². The molecule has 1 aliphatic rings. The van der Waals surface area contributed by atoms with Gasteiger partial charge in [0.25, 0.3) is 0 Å². The molecule has 0 saturated heterocycles. The van der Waals surface area contributed by atoms with E-state index >= 15 is 0 Å². The molecular weight excluding hydrogens is 200 g/mol. The van der Waals surface area contributed by atoms with Gasteiger partial charge >= 0.3 is 0 Å². The van der Waals surface area contributed by atoms with Crippen LogP contribution in [0.3, 0.4) is 0 Å². The lowest BCUT2D eigenvalue weighted by molar-refractivity contribution is -0.123. The van der Waals surface area contributed by atoms with Gasteiger partial charge in [0.2, 0.25) is 0 Å². The van der Waals surface area contributed by atoms with Crippen LogP contribution in [0, 0.1) is 5.92 Å². The molecule has 0 aliphatic carbocycles. The van der Waals surface area contributed by atoms with E-state index < -0.39 is 31.0 Å². The van der Waals surface area contributed by atoms with Gasteiger partial charge in [-0.2, -0.15) is 0 Å². The molecule has 0 aromatic heterocycles. The first-order valence-corrected chi connectivity index (χ1v) is 4.97. The van der Waals surface area contributed by atoms with Gasteiger partial charge in [-0.1, -0.05) is 6.92 Å². The SMILES string of the molecule is CC1=C[C@H](O)[C@@H](C)[C@H]([C@H](O)[C@H](O)CO)O1. The van der Waals surface area contributed by atoms with E-state index in [0.29, 0.717) is 5.76 Å². The van der Waals surface area contributed by atoms with Crippen molar-refractivity contribution in [2.75, 3.05) is 6.61 Å². The molecule has 0 radical (unpaired) electrons. The van der Waals surface area contributed by atoms with Gasteiger partial charge < -0.3 is 25.2 Å². The highest BCUT2D eigenvalue weighted by atomic mass is 16.5. The molecule has 5 nitrogen and oxygen atoms in total. The van der Waals surface area contributed by atoms with Crippen molar-refractivity contribution >= 4 is 0 Å². The van der Waals surface area contributed by atoms with Crippen molar-refractivity contribution in [1.82, 2.24) is 0 Å². The van der Waals surface area contributed by atoms with E-state index in [9.17, 15) is 15.3 Å². The minimum atomic E-state index is -1.25. The fourth-order valence-corrected chi connectivity index (χ4v) is 1.66. The Morgan fingerprint density at radius 3 is 2.60 bits per heavy atom. The number of ether oxygens (including phenoxy) is 1. The molecule has 15 heavy (non-hydrogen) atoms. The Hall–Kier alpha value is -0.620. The van der Waals surface area contributed by atoms with Crippen LogP contribution in [0.15, 0.2) is 11.8 Å². The molecule has 0 saturated carbocycles. The van der Waals surface area contributed by atoms with Crippen LogP contribution < -0.4 is 0 Å². The van der Waals surface area contributed by atoms with Crippen LogP contribution in [0.5, 0.6) is 0 Å². The summed E-state index contributed by atoms with van der Waals surface area (Å²) in [5, 5.41) is 37.3. The van der Waals surface area contributed by atoms with Gasteiger partial charge in [0.05, 0.1) is 18.5 Å². The highest BCUT2D eigenvalue weighted by Crippen LogP contribution is 2.26. The summed E-state index contributed by atoms with van der Waals surface area (Å²) >= 11 is 0. The molecular formula is C10H18O5. The Bertz CT molecular complexity index is 240. The highest BCUT2D eigenvalue weighted by molar-refractivity contribution is 5.04. The molecule has 0 bridgehead atoms. The fourth-order valence-electron chi connectivity index (χ4n) is 1.66. The lowest BCUT2D eigenvalue weighted by Crippen LogP contribution is -2.48. The third-order valence-corrected chi connectivity index (χ3v) is 2.70. The first kappa shape index (κ1) is 12.4. The van der Waals surface area contributed by atoms with Crippen LogP contribution in [-0.2, 0) is 4.74 Å². The number of aliphatic hydroxyl groups excluding tert-OH is 4. The van der Waals surface area contributed by atoms with Crippen LogP contribution in [0.25, 0.3) is 0 Å². The largest absolute Gasteiger partial charge is 0.492 e. The molecule has 0 spiro atoms. The van der Waals surface area contributed by atoms with Gasteiger partial charge in [0.1, 0.15) is 18.3 Å². The van der Waals surface area contributed by atoms with Gasteiger partial charge in [-0.15, -0.1) is 0 Å². The summed E-state index contributed by atoms with van der Waals surface area (Å²) in [5.74, 6) is 0.180. The monoisotopic (exact) mass is 218 g/mol. The average Bonchev–Trinajstić information content (AvgIpc) is 2.21. The van der Waals surface area contributed by atoms with E-state index in [1.165, 1.54) is 0 Å². The van der Waals surface area contributed by atoms with Crippen molar-refractivity contribution in [3.8, 4) is 0 Å². The van der Waals surface area contributed by atoms with Crippen LogP contribution in [0.2, 0.25) is 0 Å². The molecule has 1 aliphatic heterocycles. The summed E-state index contributed by atoms with van der Waals surface area (Å²) in [4.78, 5) is 0. The van der Waals surface area contributed by atoms with Crippen molar-refractivity contribution in [1.29, 1.82) is 0 Å². The van der Waals surface area contributed by atoms with Crippen LogP contribution in [0.4, 0.5) is 0 Å². The zero-order valence-corrected chi connectivity index (χ0v) is 8.87. The summed E-state index contributed by atoms with van der Waals surface area (Å²) in [6, 6.07) is 0. The molecule has 4 N–H and O–H groups in total. The quantitative estimate of drug-likeness (QED) is 0.488. The van der Waals surface area contributed by atoms with Gasteiger partial charge in [0, 0.05) is 5.92 Å². The minimum absolute atomic E-state index is 0.329. The number of aliphatic hydroxyl groups is 4. The molecule has 0 fully saturated rings. The summed E-state index contributed by atoms with van der Waals surface area (Å²) in [6.45, 7) is 2.85. The second-order valence-electron chi connectivity index (χ2n) is 3.95. The van der Waals surface area contributed by atoms with Crippen molar-refractivity contribution in [3.05, 3.63) is 11.8 Å². The van der Waals surface area contributed by atoms with Crippen LogP contribution in [0.1, 0.15) is 13.8 Å². The maximum absolute atomic E-state index is 9.68. The molecule has 0 aromatic carbocycles. The predicted octanol–water partition coefficient (Wildman–Crippen LogP) is -1.000. The standard InChI is InChI=1S/C10H18O5/c1-5-3-7(12)6(2)10(15-5)9(14)8(13)4-11/h3,6-14H,4H2,1-2H3/t6-,7+,8-,9-,10-/m1/s1. The van der Waals surface area contributed by atoms with Gasteiger partial charge in [-0.3, -0.25) is 0 Å². The molecule has 1 heterocycles. The third kappa shape index (κ3) is 2.69. The Morgan fingerprint density at radius 1 is 1.47 bits per heavy atom. The number of hydrogen-bond acceptors (Lipinski definition) is 5. The summed E-state index contributed by atoms with van der Waals surface area (Å²) < 4.78 is 5.33. The smallest absolute Gasteiger partial charge is 0.132 e. The summed E-state index contributed by atoms with van der Waals surface area (Å²) in [5.41, 5.74) is 0. The lowest BCUT2D eigenvalue weighted by Gasteiger charge is -2.36. The van der Waals surface area contributed by atoms with Crippen LogP contribution >= 0.6 is 0 Å². The second-order valence-corrected chi connectivity index (χ2v) is 3.95. The summed E-state index contributed by atoms with van der Waals surface area (Å²) in [7, 11) is 0. The van der Waals surface area contributed by atoms with E-state index in [1.54, 1.807) is 19.9 Å². The lowest BCUT2D eigenvalue weighted by atomic mass is 9.89. The predicted molar refractivity (Wildman–Crippen MR) is 52.9 cm³/mol. The van der Waals surface area contributed by atoms with Crippen molar-refractivity contribution in [3.63, 3.8) is 0 Å². The topological polar surface area (TPSA) is 90.2 Å². The number of allylic oxidation sites excluding steroid dienone is 1. The molecule has 5 heteroatoms. The van der Waals surface area contributed by atoms with Crippen molar-refractivity contribution in [2.24, 2.45) is 5.92 Å². The van der Waals surface area contributed by atoms with E-state index in [2.05, 4.69) is 0 Å². The van der Waals surface area contributed by atoms with E-state index in [1.807, 2.05) is 0 Å². The number of hydrogen-bond donors (Lipinski definition) is 4. The highest BCUT2D eigenvalue weighted by Gasteiger charge is 2.37. The third-order valence-electron chi connectivity index (χ3n) is 2.70.